The van der Waals surface area contributed by atoms with Gasteiger partial charge in [0.2, 0.25) is 0 Å². The van der Waals surface area contributed by atoms with Crippen LogP contribution >= 0.6 is 0 Å². The van der Waals surface area contributed by atoms with Crippen LogP contribution < -0.4 is 11.3 Å². The van der Waals surface area contributed by atoms with Gasteiger partial charge in [0.05, 0.1) is 0 Å². The van der Waals surface area contributed by atoms with E-state index < -0.39 is 0 Å². The van der Waals surface area contributed by atoms with Gasteiger partial charge in [0.1, 0.15) is 0 Å². The Morgan fingerprint density at radius 3 is 2.00 bits per heavy atom. The largest absolute Gasteiger partial charge is 0.271 e. The van der Waals surface area contributed by atoms with Crippen LogP contribution in [0.25, 0.3) is 0 Å². The van der Waals surface area contributed by atoms with Crippen molar-refractivity contribution >= 4 is 0 Å². The molecule has 2 aromatic carbocycles. The summed E-state index contributed by atoms with van der Waals surface area (Å²) in [6.07, 6.45) is 1.90. The molecule has 0 aliphatic rings. The molecule has 2 rings (SSSR count). The maximum atomic E-state index is 5.76. The van der Waals surface area contributed by atoms with Gasteiger partial charge in [0.15, 0.2) is 0 Å². The molecule has 0 aromatic heterocycles. The lowest BCUT2D eigenvalue weighted by atomic mass is 9.95. The van der Waals surface area contributed by atoms with Crippen molar-refractivity contribution in [3.05, 3.63) is 69.8 Å². The molecule has 0 saturated heterocycles. The average Bonchev–Trinajstić information content (AvgIpc) is 2.41. The molecule has 0 fully saturated rings. The van der Waals surface area contributed by atoms with Crippen molar-refractivity contribution in [2.45, 2.75) is 46.6 Å². The molecule has 0 heterocycles. The first-order valence-corrected chi connectivity index (χ1v) is 7.57. The van der Waals surface area contributed by atoms with E-state index in [9.17, 15) is 0 Å². The quantitative estimate of drug-likeness (QED) is 0.650. The number of benzene rings is 2. The molecule has 2 aromatic rings. The summed E-state index contributed by atoms with van der Waals surface area (Å²) >= 11 is 0. The van der Waals surface area contributed by atoms with Crippen molar-refractivity contribution in [1.82, 2.24) is 5.43 Å². The second-order valence-corrected chi connectivity index (χ2v) is 6.19. The van der Waals surface area contributed by atoms with E-state index >= 15 is 0 Å². The fourth-order valence-electron chi connectivity index (χ4n) is 2.88. The molecule has 0 spiro atoms. The molecule has 3 N–H and O–H groups in total. The van der Waals surface area contributed by atoms with Crippen LogP contribution in [0.1, 0.15) is 33.4 Å². The van der Waals surface area contributed by atoms with Gasteiger partial charge in [-0.2, -0.15) is 0 Å². The van der Waals surface area contributed by atoms with Crippen LogP contribution in [-0.2, 0) is 12.8 Å². The Morgan fingerprint density at radius 1 is 0.810 bits per heavy atom. The predicted octanol–water partition coefficient (Wildman–Crippen LogP) is 3.54. The minimum atomic E-state index is 0.258. The number of nitrogens with two attached hydrogens (primary N) is 1. The summed E-state index contributed by atoms with van der Waals surface area (Å²) in [5, 5.41) is 0. The third-order valence-corrected chi connectivity index (χ3v) is 4.05. The maximum Gasteiger partial charge on any atom is 0.0291 e. The average molecular weight is 282 g/mol. The second kappa shape index (κ2) is 6.88. The number of hydrogen-bond donors (Lipinski definition) is 2. The Kier molecular flexibility index (Phi) is 5.16. The van der Waals surface area contributed by atoms with Gasteiger partial charge in [-0.05, 0) is 62.8 Å². The minimum absolute atomic E-state index is 0.258. The third-order valence-electron chi connectivity index (χ3n) is 4.05. The highest BCUT2D eigenvalue weighted by molar-refractivity contribution is 5.32. The van der Waals surface area contributed by atoms with E-state index in [4.69, 9.17) is 5.84 Å². The van der Waals surface area contributed by atoms with Gasteiger partial charge in [-0.15, -0.1) is 0 Å². The summed E-state index contributed by atoms with van der Waals surface area (Å²) in [5.74, 6) is 5.76. The van der Waals surface area contributed by atoms with E-state index in [2.05, 4.69) is 69.5 Å². The van der Waals surface area contributed by atoms with Crippen LogP contribution in [0.4, 0.5) is 0 Å². The molecule has 1 unspecified atom stereocenters. The Labute approximate surface area is 128 Å². The number of hydrazine groups is 1. The second-order valence-electron chi connectivity index (χ2n) is 6.19. The van der Waals surface area contributed by atoms with Crippen molar-refractivity contribution in [3.8, 4) is 0 Å². The zero-order valence-corrected chi connectivity index (χ0v) is 13.5. The molecule has 0 aliphatic carbocycles. The van der Waals surface area contributed by atoms with Gasteiger partial charge in [-0.3, -0.25) is 11.3 Å². The van der Waals surface area contributed by atoms with Gasteiger partial charge >= 0.3 is 0 Å². The maximum absolute atomic E-state index is 5.76. The molecule has 1 atom stereocenters. The Balaban J connectivity index is 2.10. The number of rotatable bonds is 5. The molecule has 0 aliphatic heterocycles. The van der Waals surface area contributed by atoms with Crippen LogP contribution in [0.3, 0.4) is 0 Å². The Morgan fingerprint density at radius 2 is 1.43 bits per heavy atom. The highest BCUT2D eigenvalue weighted by Crippen LogP contribution is 2.15. The van der Waals surface area contributed by atoms with Crippen LogP contribution in [0, 0.1) is 27.7 Å². The standard InChI is InChI=1S/C19H26N2/c1-13-7-14(2)9-18(8-13)12-19(21-20)11-17-6-5-15(3)16(4)10-17/h5-10,19,21H,11-12,20H2,1-4H3. The smallest absolute Gasteiger partial charge is 0.0291 e. The van der Waals surface area contributed by atoms with Crippen LogP contribution in [0.15, 0.2) is 36.4 Å². The zero-order chi connectivity index (χ0) is 15.4. The van der Waals surface area contributed by atoms with Crippen molar-refractivity contribution in [2.75, 3.05) is 0 Å². The summed E-state index contributed by atoms with van der Waals surface area (Å²) < 4.78 is 0. The molecule has 2 nitrogen and oxygen atoms in total. The molecule has 0 amide bonds. The normalized spacial score (nSPS) is 12.4. The predicted molar refractivity (Wildman–Crippen MR) is 90.4 cm³/mol. The van der Waals surface area contributed by atoms with Gasteiger partial charge in [-0.1, -0.05) is 47.5 Å². The summed E-state index contributed by atoms with van der Waals surface area (Å²) in [6, 6.07) is 13.6. The van der Waals surface area contributed by atoms with E-state index in [1.165, 1.54) is 33.4 Å². The van der Waals surface area contributed by atoms with Crippen molar-refractivity contribution in [2.24, 2.45) is 5.84 Å². The molecule has 112 valence electrons. The lowest BCUT2D eigenvalue weighted by Gasteiger charge is -2.17. The first-order valence-electron chi connectivity index (χ1n) is 7.57. The lowest BCUT2D eigenvalue weighted by Crippen LogP contribution is -2.38. The van der Waals surface area contributed by atoms with Crippen LogP contribution in [0.5, 0.6) is 0 Å². The van der Waals surface area contributed by atoms with Crippen molar-refractivity contribution in [1.29, 1.82) is 0 Å². The van der Waals surface area contributed by atoms with Crippen molar-refractivity contribution in [3.63, 3.8) is 0 Å². The fourth-order valence-corrected chi connectivity index (χ4v) is 2.88. The van der Waals surface area contributed by atoms with Gasteiger partial charge in [-0.25, -0.2) is 0 Å². The molecular formula is C19H26N2. The lowest BCUT2D eigenvalue weighted by molar-refractivity contribution is 0.522. The first kappa shape index (κ1) is 15.7. The zero-order valence-electron chi connectivity index (χ0n) is 13.5. The highest BCUT2D eigenvalue weighted by Gasteiger charge is 2.10. The van der Waals surface area contributed by atoms with E-state index in [1.807, 2.05) is 0 Å². The Hall–Kier alpha value is -1.64. The van der Waals surface area contributed by atoms with Crippen LogP contribution in [0.2, 0.25) is 0 Å². The number of aryl methyl sites for hydroxylation is 4. The van der Waals surface area contributed by atoms with Gasteiger partial charge < -0.3 is 0 Å². The molecule has 0 radical (unpaired) electrons. The van der Waals surface area contributed by atoms with E-state index in [0.717, 1.165) is 12.8 Å². The van der Waals surface area contributed by atoms with Crippen LogP contribution in [-0.4, -0.2) is 6.04 Å². The summed E-state index contributed by atoms with van der Waals surface area (Å²) in [6.45, 7) is 8.59. The molecule has 2 heteroatoms. The number of hydrogen-bond acceptors (Lipinski definition) is 2. The SMILES string of the molecule is Cc1cc(C)cc(CC(Cc2ccc(C)c(C)c2)NN)c1. The van der Waals surface area contributed by atoms with E-state index in [0.29, 0.717) is 0 Å². The third kappa shape index (κ3) is 4.42. The Bertz CT molecular complexity index is 597. The molecule has 0 saturated carbocycles. The molecule has 0 bridgehead atoms. The summed E-state index contributed by atoms with van der Waals surface area (Å²) in [5.41, 5.74) is 11.0. The van der Waals surface area contributed by atoms with E-state index in [1.54, 1.807) is 0 Å². The van der Waals surface area contributed by atoms with Gasteiger partial charge in [0, 0.05) is 6.04 Å². The molecular weight excluding hydrogens is 256 g/mol. The summed E-state index contributed by atoms with van der Waals surface area (Å²) in [7, 11) is 0. The fraction of sp³-hybridized carbons (Fsp3) is 0.368. The van der Waals surface area contributed by atoms with Gasteiger partial charge in [0.25, 0.3) is 0 Å². The highest BCUT2D eigenvalue weighted by atomic mass is 15.2. The van der Waals surface area contributed by atoms with E-state index in [-0.39, 0.29) is 6.04 Å². The minimum Gasteiger partial charge on any atom is -0.271 e. The first-order chi connectivity index (χ1) is 9.97. The monoisotopic (exact) mass is 282 g/mol. The van der Waals surface area contributed by atoms with Crippen molar-refractivity contribution < 1.29 is 0 Å². The summed E-state index contributed by atoms with van der Waals surface area (Å²) in [4.78, 5) is 0. The topological polar surface area (TPSA) is 38.0 Å². The number of nitrogens with one attached hydrogen (secondary N) is 1. The molecule has 21 heavy (non-hydrogen) atoms.